The molecule has 1 unspecified atom stereocenters. The van der Waals surface area contributed by atoms with E-state index in [-0.39, 0.29) is 12.2 Å². The van der Waals surface area contributed by atoms with Gasteiger partial charge < -0.3 is 10.8 Å². The smallest absolute Gasteiger partial charge is 0.126 e. The molecule has 0 aliphatic rings. The van der Waals surface area contributed by atoms with Crippen LogP contribution < -0.4 is 5.73 Å². The number of nitrogens with two attached hydrogens (primary N) is 1. The number of nitriles is 1. The topological polar surface area (TPSA) is 70.0 Å². The number of nitrogens with zero attached hydrogens (tertiary/aromatic N) is 1. The summed E-state index contributed by atoms with van der Waals surface area (Å²) in [6.07, 6.45) is 0.0964. The molecule has 4 heteroatoms. The molecular formula is C9H9FN2O. The third-order valence-corrected chi connectivity index (χ3v) is 1.70. The van der Waals surface area contributed by atoms with Gasteiger partial charge in [-0.25, -0.2) is 4.39 Å². The Kier molecular flexibility index (Phi) is 2.83. The van der Waals surface area contributed by atoms with Crippen molar-refractivity contribution in [3.63, 3.8) is 0 Å². The van der Waals surface area contributed by atoms with E-state index in [0.717, 1.165) is 6.07 Å². The number of hydrogen-bond acceptors (Lipinski definition) is 3. The van der Waals surface area contributed by atoms with E-state index in [9.17, 15) is 9.50 Å². The summed E-state index contributed by atoms with van der Waals surface area (Å²) in [4.78, 5) is 0. The van der Waals surface area contributed by atoms with E-state index in [0.29, 0.717) is 5.56 Å². The summed E-state index contributed by atoms with van der Waals surface area (Å²) in [7, 11) is 0. The van der Waals surface area contributed by atoms with Crippen molar-refractivity contribution in [1.29, 1.82) is 5.26 Å². The SMILES string of the molecule is N#CCC(N)c1ccc(F)cc1O. The van der Waals surface area contributed by atoms with Crippen molar-refractivity contribution in [3.8, 4) is 11.8 Å². The summed E-state index contributed by atoms with van der Waals surface area (Å²) in [5, 5.41) is 17.6. The minimum Gasteiger partial charge on any atom is -0.508 e. The molecule has 3 N–H and O–H groups in total. The average molecular weight is 180 g/mol. The quantitative estimate of drug-likeness (QED) is 0.723. The van der Waals surface area contributed by atoms with Crippen LogP contribution in [0.15, 0.2) is 18.2 Å². The second-order valence-corrected chi connectivity index (χ2v) is 2.67. The summed E-state index contributed by atoms with van der Waals surface area (Å²) >= 11 is 0. The van der Waals surface area contributed by atoms with Crippen molar-refractivity contribution >= 4 is 0 Å². The molecule has 13 heavy (non-hydrogen) atoms. The Balaban J connectivity index is 2.96. The first-order chi connectivity index (χ1) is 6.15. The van der Waals surface area contributed by atoms with E-state index in [4.69, 9.17) is 11.0 Å². The van der Waals surface area contributed by atoms with Crippen LogP contribution in [0, 0.1) is 17.1 Å². The third kappa shape index (κ3) is 2.17. The van der Waals surface area contributed by atoms with Gasteiger partial charge in [-0.05, 0) is 6.07 Å². The van der Waals surface area contributed by atoms with E-state index in [1.54, 1.807) is 0 Å². The standard InChI is InChI=1S/C9H9FN2O/c10-6-1-2-7(9(13)5-6)8(12)3-4-11/h1-2,5,8,13H,3,12H2. The first-order valence-electron chi connectivity index (χ1n) is 3.76. The molecule has 68 valence electrons. The number of aromatic hydroxyl groups is 1. The molecular weight excluding hydrogens is 171 g/mol. The summed E-state index contributed by atoms with van der Waals surface area (Å²) in [6, 6.07) is 4.87. The predicted molar refractivity (Wildman–Crippen MR) is 45.2 cm³/mol. The molecule has 0 fully saturated rings. The average Bonchev–Trinajstić information content (AvgIpc) is 2.04. The maximum absolute atomic E-state index is 12.5. The van der Waals surface area contributed by atoms with Crippen molar-refractivity contribution in [2.45, 2.75) is 12.5 Å². The van der Waals surface area contributed by atoms with Crippen LogP contribution in [0.5, 0.6) is 5.75 Å². The molecule has 0 amide bonds. The van der Waals surface area contributed by atoms with Crippen LogP contribution in [0.1, 0.15) is 18.0 Å². The molecule has 0 spiro atoms. The van der Waals surface area contributed by atoms with Crippen LogP contribution in [0.3, 0.4) is 0 Å². The molecule has 0 aromatic heterocycles. The van der Waals surface area contributed by atoms with E-state index < -0.39 is 11.9 Å². The molecule has 0 aliphatic heterocycles. The van der Waals surface area contributed by atoms with Crippen LogP contribution in [0.2, 0.25) is 0 Å². The summed E-state index contributed by atoms with van der Waals surface area (Å²) in [5.74, 6) is -0.729. The summed E-state index contributed by atoms with van der Waals surface area (Å²) in [5.41, 5.74) is 5.94. The van der Waals surface area contributed by atoms with Gasteiger partial charge >= 0.3 is 0 Å². The van der Waals surface area contributed by atoms with Crippen LogP contribution in [-0.4, -0.2) is 5.11 Å². The maximum Gasteiger partial charge on any atom is 0.126 e. The molecule has 0 heterocycles. The Hall–Kier alpha value is -1.60. The fraction of sp³-hybridized carbons (Fsp3) is 0.222. The van der Waals surface area contributed by atoms with Crippen molar-refractivity contribution in [2.75, 3.05) is 0 Å². The molecule has 0 saturated heterocycles. The Labute approximate surface area is 75.2 Å². The lowest BCUT2D eigenvalue weighted by Crippen LogP contribution is -2.09. The predicted octanol–water partition coefficient (Wildman–Crippen LogP) is 1.44. The third-order valence-electron chi connectivity index (χ3n) is 1.70. The second kappa shape index (κ2) is 3.87. The van der Waals surface area contributed by atoms with E-state index in [1.165, 1.54) is 12.1 Å². The molecule has 1 atom stereocenters. The fourth-order valence-corrected chi connectivity index (χ4v) is 1.04. The highest BCUT2D eigenvalue weighted by Gasteiger charge is 2.10. The highest BCUT2D eigenvalue weighted by Crippen LogP contribution is 2.24. The molecule has 0 saturated carbocycles. The van der Waals surface area contributed by atoms with Crippen molar-refractivity contribution in [1.82, 2.24) is 0 Å². The van der Waals surface area contributed by atoms with Gasteiger partial charge in [0.15, 0.2) is 0 Å². The van der Waals surface area contributed by atoms with Crippen LogP contribution in [0.4, 0.5) is 4.39 Å². The number of phenols is 1. The van der Waals surface area contributed by atoms with Crippen LogP contribution in [0.25, 0.3) is 0 Å². The van der Waals surface area contributed by atoms with Gasteiger partial charge in [-0.2, -0.15) is 5.26 Å². The number of benzene rings is 1. The van der Waals surface area contributed by atoms with Gasteiger partial charge in [0.25, 0.3) is 0 Å². The van der Waals surface area contributed by atoms with Crippen molar-refractivity contribution in [2.24, 2.45) is 5.73 Å². The van der Waals surface area contributed by atoms with Gasteiger partial charge in [0, 0.05) is 17.7 Å². The maximum atomic E-state index is 12.5. The first kappa shape index (κ1) is 9.49. The fourth-order valence-electron chi connectivity index (χ4n) is 1.04. The van der Waals surface area contributed by atoms with Gasteiger partial charge in [0.05, 0.1) is 12.5 Å². The molecule has 3 nitrogen and oxygen atoms in total. The lowest BCUT2D eigenvalue weighted by molar-refractivity contribution is 0.456. The lowest BCUT2D eigenvalue weighted by atomic mass is 10.0. The van der Waals surface area contributed by atoms with E-state index in [1.807, 2.05) is 6.07 Å². The van der Waals surface area contributed by atoms with Gasteiger partial charge in [0.2, 0.25) is 0 Å². The van der Waals surface area contributed by atoms with Crippen LogP contribution in [-0.2, 0) is 0 Å². The summed E-state index contributed by atoms with van der Waals surface area (Å²) in [6.45, 7) is 0. The second-order valence-electron chi connectivity index (χ2n) is 2.67. The Bertz CT molecular complexity index is 346. The Morgan fingerprint density at radius 1 is 1.62 bits per heavy atom. The highest BCUT2D eigenvalue weighted by atomic mass is 19.1. The monoisotopic (exact) mass is 180 g/mol. The van der Waals surface area contributed by atoms with Crippen molar-refractivity contribution in [3.05, 3.63) is 29.6 Å². The van der Waals surface area contributed by atoms with E-state index in [2.05, 4.69) is 0 Å². The van der Waals surface area contributed by atoms with Crippen LogP contribution >= 0.6 is 0 Å². The molecule has 1 rings (SSSR count). The number of hydrogen-bond donors (Lipinski definition) is 2. The van der Waals surface area contributed by atoms with Gasteiger partial charge in [-0.1, -0.05) is 6.07 Å². The normalized spacial score (nSPS) is 12.1. The molecule has 1 aromatic carbocycles. The number of rotatable bonds is 2. The van der Waals surface area contributed by atoms with Crippen molar-refractivity contribution < 1.29 is 9.50 Å². The minimum atomic E-state index is -0.564. The van der Waals surface area contributed by atoms with Gasteiger partial charge in [-0.3, -0.25) is 0 Å². The molecule has 1 aromatic rings. The Morgan fingerprint density at radius 2 is 2.31 bits per heavy atom. The van der Waals surface area contributed by atoms with Gasteiger partial charge in [0.1, 0.15) is 11.6 Å². The highest BCUT2D eigenvalue weighted by molar-refractivity contribution is 5.35. The van der Waals surface area contributed by atoms with Gasteiger partial charge in [-0.15, -0.1) is 0 Å². The Morgan fingerprint density at radius 3 is 2.85 bits per heavy atom. The molecule has 0 aliphatic carbocycles. The summed E-state index contributed by atoms with van der Waals surface area (Å²) < 4.78 is 12.5. The number of halogens is 1. The largest absolute Gasteiger partial charge is 0.508 e. The lowest BCUT2D eigenvalue weighted by Gasteiger charge is -2.09. The van der Waals surface area contributed by atoms with E-state index >= 15 is 0 Å². The zero-order chi connectivity index (χ0) is 9.84. The molecule has 0 radical (unpaired) electrons. The molecule has 0 bridgehead atoms. The minimum absolute atomic E-state index is 0.0964. The first-order valence-corrected chi connectivity index (χ1v) is 3.76. The zero-order valence-electron chi connectivity index (χ0n) is 6.87. The zero-order valence-corrected chi connectivity index (χ0v) is 6.87. The number of phenolic OH excluding ortho intramolecular Hbond substituents is 1.